The number of rotatable bonds is 5. The highest BCUT2D eigenvalue weighted by Crippen LogP contribution is 2.23. The molecule has 1 atom stereocenters. The first-order valence-corrected chi connectivity index (χ1v) is 8.58. The van der Waals surface area contributed by atoms with Gasteiger partial charge in [-0.25, -0.2) is 4.98 Å². The molecule has 1 aliphatic heterocycles. The Hall–Kier alpha value is -2.14. The average Bonchev–Trinajstić information content (AvgIpc) is 3.05. The van der Waals surface area contributed by atoms with Gasteiger partial charge in [0.15, 0.2) is 0 Å². The third-order valence-electron chi connectivity index (χ3n) is 3.81. The molecule has 0 spiro atoms. The molecule has 5 nitrogen and oxygen atoms in total. The molecule has 1 fully saturated rings. The van der Waals surface area contributed by atoms with Gasteiger partial charge in [-0.3, -0.25) is 0 Å². The molecule has 5 heteroatoms. The van der Waals surface area contributed by atoms with Crippen LogP contribution in [0.25, 0.3) is 11.3 Å². The fraction of sp³-hybridized carbons (Fsp3) is 0.474. The van der Waals surface area contributed by atoms with Crippen LogP contribution in [0, 0.1) is 0 Å². The lowest BCUT2D eigenvalue weighted by atomic mass is 10.1. The predicted octanol–water partition coefficient (Wildman–Crippen LogP) is 3.94. The van der Waals surface area contributed by atoms with E-state index < -0.39 is 0 Å². The van der Waals surface area contributed by atoms with E-state index in [4.69, 9.17) is 4.74 Å². The van der Waals surface area contributed by atoms with E-state index in [0.717, 1.165) is 43.1 Å². The Labute approximate surface area is 143 Å². The second-order valence-corrected chi connectivity index (χ2v) is 7.22. The van der Waals surface area contributed by atoms with Crippen molar-refractivity contribution in [1.82, 2.24) is 9.97 Å². The molecule has 1 aromatic carbocycles. The summed E-state index contributed by atoms with van der Waals surface area (Å²) < 4.78 is 5.67. The summed E-state index contributed by atoms with van der Waals surface area (Å²) in [6.45, 7) is 7.96. The van der Waals surface area contributed by atoms with Crippen LogP contribution in [0.3, 0.4) is 0 Å². The summed E-state index contributed by atoms with van der Waals surface area (Å²) >= 11 is 0. The Morgan fingerprint density at radius 1 is 1.17 bits per heavy atom. The summed E-state index contributed by atoms with van der Waals surface area (Å²) in [5, 5.41) is 6.77. The van der Waals surface area contributed by atoms with Crippen molar-refractivity contribution < 1.29 is 4.74 Å². The first kappa shape index (κ1) is 16.7. The molecule has 3 rings (SSSR count). The highest BCUT2D eigenvalue weighted by Gasteiger charge is 2.17. The molecule has 1 unspecified atom stereocenters. The maximum atomic E-state index is 5.67. The van der Waals surface area contributed by atoms with Gasteiger partial charge in [-0.2, -0.15) is 4.98 Å². The number of nitrogens with zero attached hydrogens (tertiary/aromatic N) is 2. The molecule has 2 heterocycles. The lowest BCUT2D eigenvalue weighted by molar-refractivity contribution is 0.120. The Balaban J connectivity index is 1.84. The molecule has 1 aliphatic rings. The molecule has 0 aliphatic carbocycles. The van der Waals surface area contributed by atoms with Crippen LogP contribution in [0.1, 0.15) is 33.6 Å². The largest absolute Gasteiger partial charge is 0.376 e. The number of aromatic nitrogens is 2. The van der Waals surface area contributed by atoms with E-state index in [9.17, 15) is 0 Å². The van der Waals surface area contributed by atoms with Crippen LogP contribution in [-0.2, 0) is 4.74 Å². The molecular formula is C19H26N4O. The maximum absolute atomic E-state index is 5.67. The van der Waals surface area contributed by atoms with Gasteiger partial charge in [-0.15, -0.1) is 0 Å². The monoisotopic (exact) mass is 326 g/mol. The van der Waals surface area contributed by atoms with Crippen molar-refractivity contribution >= 4 is 11.8 Å². The zero-order valence-corrected chi connectivity index (χ0v) is 14.7. The number of nitrogens with one attached hydrogen (secondary N) is 2. The first-order chi connectivity index (χ1) is 11.5. The third-order valence-corrected chi connectivity index (χ3v) is 3.81. The molecule has 0 saturated carbocycles. The minimum atomic E-state index is -0.0614. The number of ether oxygens (including phenoxy) is 1. The summed E-state index contributed by atoms with van der Waals surface area (Å²) in [4.78, 5) is 9.29. The topological polar surface area (TPSA) is 59.1 Å². The van der Waals surface area contributed by atoms with E-state index >= 15 is 0 Å². The third kappa shape index (κ3) is 4.68. The Morgan fingerprint density at radius 2 is 1.96 bits per heavy atom. The lowest BCUT2D eigenvalue weighted by Gasteiger charge is -2.22. The quantitative estimate of drug-likeness (QED) is 0.871. The van der Waals surface area contributed by atoms with Crippen LogP contribution < -0.4 is 10.6 Å². The van der Waals surface area contributed by atoms with Gasteiger partial charge in [0, 0.05) is 30.3 Å². The maximum Gasteiger partial charge on any atom is 0.225 e. The number of anilines is 2. The Kier molecular flexibility index (Phi) is 5.00. The molecule has 1 saturated heterocycles. The smallest absolute Gasteiger partial charge is 0.225 e. The van der Waals surface area contributed by atoms with Crippen LogP contribution in [0.5, 0.6) is 0 Å². The summed E-state index contributed by atoms with van der Waals surface area (Å²) in [5.41, 5.74) is 1.93. The molecular weight excluding hydrogens is 300 g/mol. The van der Waals surface area contributed by atoms with Crippen LogP contribution in [0.2, 0.25) is 0 Å². The molecule has 2 N–H and O–H groups in total. The van der Waals surface area contributed by atoms with Crippen LogP contribution in [-0.4, -0.2) is 34.8 Å². The molecule has 0 amide bonds. The van der Waals surface area contributed by atoms with Gasteiger partial charge < -0.3 is 15.4 Å². The summed E-state index contributed by atoms with van der Waals surface area (Å²) in [6.07, 6.45) is 2.49. The molecule has 24 heavy (non-hydrogen) atoms. The molecule has 0 bridgehead atoms. The van der Waals surface area contributed by atoms with Crippen molar-refractivity contribution in [2.45, 2.75) is 45.3 Å². The normalized spacial score (nSPS) is 17.7. The molecule has 2 aromatic rings. The molecule has 1 aromatic heterocycles. The van der Waals surface area contributed by atoms with Crippen molar-refractivity contribution in [3.8, 4) is 11.3 Å². The minimum Gasteiger partial charge on any atom is -0.376 e. The summed E-state index contributed by atoms with van der Waals surface area (Å²) in [5.74, 6) is 1.46. The van der Waals surface area contributed by atoms with E-state index in [1.165, 1.54) is 0 Å². The van der Waals surface area contributed by atoms with Gasteiger partial charge in [0.05, 0.1) is 11.8 Å². The van der Waals surface area contributed by atoms with E-state index in [2.05, 4.69) is 53.5 Å². The van der Waals surface area contributed by atoms with Crippen molar-refractivity contribution in [2.24, 2.45) is 0 Å². The van der Waals surface area contributed by atoms with Crippen molar-refractivity contribution in [3.05, 3.63) is 36.4 Å². The fourth-order valence-electron chi connectivity index (χ4n) is 2.74. The van der Waals surface area contributed by atoms with Crippen LogP contribution in [0.4, 0.5) is 11.8 Å². The van der Waals surface area contributed by atoms with Gasteiger partial charge in [0.25, 0.3) is 0 Å². The van der Waals surface area contributed by atoms with Crippen molar-refractivity contribution in [3.63, 3.8) is 0 Å². The van der Waals surface area contributed by atoms with Gasteiger partial charge in [0.1, 0.15) is 5.82 Å². The van der Waals surface area contributed by atoms with Crippen molar-refractivity contribution in [1.29, 1.82) is 0 Å². The fourth-order valence-corrected chi connectivity index (χ4v) is 2.74. The van der Waals surface area contributed by atoms with E-state index in [1.807, 2.05) is 24.3 Å². The average molecular weight is 326 g/mol. The summed E-state index contributed by atoms with van der Waals surface area (Å²) in [7, 11) is 0. The number of hydrogen-bond acceptors (Lipinski definition) is 5. The second kappa shape index (κ2) is 7.18. The van der Waals surface area contributed by atoms with Gasteiger partial charge >= 0.3 is 0 Å². The Morgan fingerprint density at radius 3 is 2.62 bits per heavy atom. The zero-order chi connectivity index (χ0) is 17.0. The lowest BCUT2D eigenvalue weighted by Crippen LogP contribution is -2.27. The van der Waals surface area contributed by atoms with E-state index in [1.54, 1.807) is 0 Å². The number of benzene rings is 1. The first-order valence-electron chi connectivity index (χ1n) is 8.58. The van der Waals surface area contributed by atoms with Gasteiger partial charge in [0.2, 0.25) is 5.95 Å². The second-order valence-electron chi connectivity index (χ2n) is 7.22. The van der Waals surface area contributed by atoms with Crippen LogP contribution in [0.15, 0.2) is 36.4 Å². The molecule has 128 valence electrons. The number of hydrogen-bond donors (Lipinski definition) is 2. The van der Waals surface area contributed by atoms with Crippen LogP contribution >= 0.6 is 0 Å². The van der Waals surface area contributed by atoms with E-state index in [0.29, 0.717) is 5.95 Å². The highest BCUT2D eigenvalue weighted by molar-refractivity contribution is 5.64. The SMILES string of the molecule is CC(C)(C)Nc1cc(-c2ccccc2)nc(NCC2CCCO2)n1. The van der Waals surface area contributed by atoms with Crippen molar-refractivity contribution in [2.75, 3.05) is 23.8 Å². The highest BCUT2D eigenvalue weighted by atomic mass is 16.5. The summed E-state index contributed by atoms with van der Waals surface area (Å²) in [6, 6.07) is 12.2. The zero-order valence-electron chi connectivity index (χ0n) is 14.7. The standard InChI is InChI=1S/C19H26N4O/c1-19(2,3)23-17-12-16(14-8-5-4-6-9-14)21-18(22-17)20-13-15-10-7-11-24-15/h4-6,8-9,12,15H,7,10-11,13H2,1-3H3,(H2,20,21,22,23). The predicted molar refractivity (Wildman–Crippen MR) is 98.3 cm³/mol. The Bertz CT molecular complexity index is 661. The molecule has 0 radical (unpaired) electrons. The minimum absolute atomic E-state index is 0.0614. The van der Waals surface area contributed by atoms with Gasteiger partial charge in [-0.1, -0.05) is 30.3 Å². The van der Waals surface area contributed by atoms with Gasteiger partial charge in [-0.05, 0) is 33.6 Å². The van der Waals surface area contributed by atoms with E-state index in [-0.39, 0.29) is 11.6 Å².